The zero-order valence-electron chi connectivity index (χ0n) is 9.37. The van der Waals surface area contributed by atoms with Crippen molar-refractivity contribution < 1.29 is 9.53 Å². The van der Waals surface area contributed by atoms with Crippen LogP contribution in [0.2, 0.25) is 0 Å². The van der Waals surface area contributed by atoms with Gasteiger partial charge in [0.2, 0.25) is 0 Å². The summed E-state index contributed by atoms with van der Waals surface area (Å²) >= 11 is 0. The van der Waals surface area contributed by atoms with Crippen molar-refractivity contribution in [1.82, 2.24) is 0 Å². The van der Waals surface area contributed by atoms with E-state index in [1.54, 1.807) is 0 Å². The van der Waals surface area contributed by atoms with Crippen LogP contribution in [-0.2, 0) is 9.53 Å². The predicted octanol–water partition coefficient (Wildman–Crippen LogP) is 3.65. The number of carbonyl (C=O) groups is 1. The third-order valence-corrected chi connectivity index (χ3v) is 5.36. The second kappa shape index (κ2) is 8.34. The minimum absolute atomic E-state index is 0.0229. The van der Waals surface area contributed by atoms with E-state index < -0.39 is 0 Å². The van der Waals surface area contributed by atoms with Gasteiger partial charge >= 0.3 is 5.97 Å². The highest BCUT2D eigenvalue weighted by Gasteiger charge is 2.15. The van der Waals surface area contributed by atoms with E-state index in [1.807, 2.05) is 28.5 Å². The van der Waals surface area contributed by atoms with Crippen LogP contribution in [0.1, 0.15) is 45.4 Å². The molecule has 0 aromatic rings. The number of carbonyl (C=O) groups excluding carboxylic acids is 1. The maximum absolute atomic E-state index is 11.2. The highest BCUT2D eigenvalue weighted by molar-refractivity contribution is 8.77. The molecule has 1 unspecified atom stereocenters. The molecule has 2 nitrogen and oxygen atoms in total. The van der Waals surface area contributed by atoms with Crippen LogP contribution in [0.5, 0.6) is 0 Å². The van der Waals surface area contributed by atoms with Gasteiger partial charge in [-0.1, -0.05) is 34.9 Å². The SMILES string of the molecule is CCCOC(=O)CCCCC1CCSS1. The van der Waals surface area contributed by atoms with Crippen molar-refractivity contribution in [3.63, 3.8) is 0 Å². The molecule has 0 amide bonds. The molecule has 1 atom stereocenters. The molecule has 4 heteroatoms. The molecule has 88 valence electrons. The molecule has 0 spiro atoms. The first-order valence-electron chi connectivity index (χ1n) is 5.77. The molecule has 15 heavy (non-hydrogen) atoms. The van der Waals surface area contributed by atoms with Gasteiger partial charge < -0.3 is 4.74 Å². The molecule has 1 rings (SSSR count). The second-order valence-electron chi connectivity index (χ2n) is 3.80. The molecule has 1 fully saturated rings. The lowest BCUT2D eigenvalue weighted by molar-refractivity contribution is -0.143. The van der Waals surface area contributed by atoms with Gasteiger partial charge in [0, 0.05) is 17.4 Å². The zero-order valence-corrected chi connectivity index (χ0v) is 11.0. The van der Waals surface area contributed by atoms with Crippen molar-refractivity contribution in [3.8, 4) is 0 Å². The highest BCUT2D eigenvalue weighted by Crippen LogP contribution is 2.39. The molecule has 0 aliphatic carbocycles. The second-order valence-corrected chi connectivity index (χ2v) is 6.58. The van der Waals surface area contributed by atoms with E-state index in [4.69, 9.17) is 4.74 Å². The molecule has 0 aromatic carbocycles. The molecule has 1 aliphatic rings. The van der Waals surface area contributed by atoms with Crippen LogP contribution in [0.4, 0.5) is 0 Å². The Morgan fingerprint density at radius 2 is 2.33 bits per heavy atom. The third kappa shape index (κ3) is 6.36. The number of ether oxygens (including phenoxy) is 1. The summed E-state index contributed by atoms with van der Waals surface area (Å²) in [6, 6.07) is 0. The van der Waals surface area contributed by atoms with E-state index in [9.17, 15) is 4.79 Å². The summed E-state index contributed by atoms with van der Waals surface area (Å²) in [5.74, 6) is 1.28. The fourth-order valence-corrected chi connectivity index (χ4v) is 4.52. The van der Waals surface area contributed by atoms with Crippen molar-refractivity contribution in [1.29, 1.82) is 0 Å². The standard InChI is InChI=1S/C11H20O2S2/c1-2-8-13-11(12)6-4-3-5-10-7-9-14-15-10/h10H,2-9H2,1H3. The van der Waals surface area contributed by atoms with Gasteiger partial charge in [0.05, 0.1) is 6.61 Å². The summed E-state index contributed by atoms with van der Waals surface area (Å²) in [6.07, 6.45) is 6.28. The molecular formula is C11H20O2S2. The lowest BCUT2D eigenvalue weighted by atomic mass is 10.1. The smallest absolute Gasteiger partial charge is 0.305 e. The van der Waals surface area contributed by atoms with Crippen molar-refractivity contribution in [2.45, 2.75) is 50.7 Å². The summed E-state index contributed by atoms with van der Waals surface area (Å²) in [7, 11) is 4.00. The molecule has 1 saturated heterocycles. The van der Waals surface area contributed by atoms with Crippen molar-refractivity contribution in [2.24, 2.45) is 0 Å². The quantitative estimate of drug-likeness (QED) is 0.390. The van der Waals surface area contributed by atoms with Gasteiger partial charge in [0.1, 0.15) is 0 Å². The average molecular weight is 248 g/mol. The molecule has 0 N–H and O–H groups in total. The fourth-order valence-electron chi connectivity index (χ4n) is 1.49. The van der Waals surface area contributed by atoms with Crippen LogP contribution < -0.4 is 0 Å². The Bertz CT molecular complexity index is 179. The van der Waals surface area contributed by atoms with E-state index in [2.05, 4.69) is 0 Å². The van der Waals surface area contributed by atoms with E-state index in [-0.39, 0.29) is 5.97 Å². The van der Waals surface area contributed by atoms with Gasteiger partial charge in [-0.3, -0.25) is 4.79 Å². The van der Waals surface area contributed by atoms with E-state index in [0.29, 0.717) is 13.0 Å². The Morgan fingerprint density at radius 3 is 3.00 bits per heavy atom. The van der Waals surface area contributed by atoms with Gasteiger partial charge in [-0.25, -0.2) is 0 Å². The normalized spacial score (nSPS) is 20.5. The summed E-state index contributed by atoms with van der Waals surface area (Å²) in [5.41, 5.74) is 0. The van der Waals surface area contributed by atoms with E-state index in [1.165, 1.54) is 25.0 Å². The van der Waals surface area contributed by atoms with Crippen LogP contribution in [0.3, 0.4) is 0 Å². The number of rotatable bonds is 7. The average Bonchev–Trinajstić information content (AvgIpc) is 2.74. The number of hydrogen-bond acceptors (Lipinski definition) is 4. The molecule has 0 radical (unpaired) electrons. The highest BCUT2D eigenvalue weighted by atomic mass is 33.1. The van der Waals surface area contributed by atoms with Crippen LogP contribution in [0, 0.1) is 0 Å². The van der Waals surface area contributed by atoms with Crippen molar-refractivity contribution in [2.75, 3.05) is 12.4 Å². The lowest BCUT2D eigenvalue weighted by Crippen LogP contribution is -2.05. The number of esters is 1. The maximum atomic E-state index is 11.2. The molecule has 1 heterocycles. The predicted molar refractivity (Wildman–Crippen MR) is 68.2 cm³/mol. The summed E-state index contributed by atoms with van der Waals surface area (Å²) in [6.45, 7) is 2.59. The first kappa shape index (κ1) is 13.2. The molecule has 1 aliphatic heterocycles. The van der Waals surface area contributed by atoms with Crippen LogP contribution in [-0.4, -0.2) is 23.6 Å². The Balaban J connectivity index is 1.89. The van der Waals surface area contributed by atoms with Gasteiger partial charge in [0.25, 0.3) is 0 Å². The monoisotopic (exact) mass is 248 g/mol. The largest absolute Gasteiger partial charge is 0.466 e. The minimum Gasteiger partial charge on any atom is -0.466 e. The first-order valence-corrected chi connectivity index (χ1v) is 8.15. The molecule has 0 bridgehead atoms. The topological polar surface area (TPSA) is 26.3 Å². The Kier molecular flexibility index (Phi) is 7.36. The lowest BCUT2D eigenvalue weighted by Gasteiger charge is -2.06. The number of unbranched alkanes of at least 4 members (excludes halogenated alkanes) is 1. The van der Waals surface area contributed by atoms with Gasteiger partial charge in [-0.2, -0.15) is 0 Å². The Morgan fingerprint density at radius 1 is 1.47 bits per heavy atom. The summed E-state index contributed by atoms with van der Waals surface area (Å²) < 4.78 is 5.01. The van der Waals surface area contributed by atoms with Crippen LogP contribution >= 0.6 is 21.6 Å². The van der Waals surface area contributed by atoms with Crippen molar-refractivity contribution >= 4 is 27.6 Å². The van der Waals surface area contributed by atoms with E-state index >= 15 is 0 Å². The molecular weight excluding hydrogens is 228 g/mol. The van der Waals surface area contributed by atoms with E-state index in [0.717, 1.165) is 18.1 Å². The molecule has 0 aromatic heterocycles. The van der Waals surface area contributed by atoms with Crippen molar-refractivity contribution in [3.05, 3.63) is 0 Å². The summed E-state index contributed by atoms with van der Waals surface area (Å²) in [5, 5.41) is 0.835. The first-order chi connectivity index (χ1) is 7.33. The minimum atomic E-state index is -0.0229. The summed E-state index contributed by atoms with van der Waals surface area (Å²) in [4.78, 5) is 11.2. The van der Waals surface area contributed by atoms with Gasteiger partial charge in [-0.15, -0.1) is 0 Å². The van der Waals surface area contributed by atoms with Crippen LogP contribution in [0.15, 0.2) is 0 Å². The number of hydrogen-bond donors (Lipinski definition) is 0. The Hall–Kier alpha value is 0.170. The third-order valence-electron chi connectivity index (χ3n) is 2.35. The zero-order chi connectivity index (χ0) is 10.9. The van der Waals surface area contributed by atoms with Gasteiger partial charge in [0.15, 0.2) is 0 Å². The molecule has 0 saturated carbocycles. The maximum Gasteiger partial charge on any atom is 0.305 e. The van der Waals surface area contributed by atoms with Gasteiger partial charge in [-0.05, 0) is 25.7 Å². The Labute approximate surface area is 100 Å². The van der Waals surface area contributed by atoms with Crippen LogP contribution in [0.25, 0.3) is 0 Å². The fraction of sp³-hybridized carbons (Fsp3) is 0.909.